The van der Waals surface area contributed by atoms with Gasteiger partial charge in [0, 0.05) is 9.90 Å². The molecule has 7 heteroatoms. The third-order valence-electron chi connectivity index (χ3n) is 3.49. The van der Waals surface area contributed by atoms with Crippen LogP contribution in [0.4, 0.5) is 5.69 Å². The van der Waals surface area contributed by atoms with Gasteiger partial charge in [-0.15, -0.1) is 11.3 Å². The lowest BCUT2D eigenvalue weighted by Gasteiger charge is -2.15. The molecule has 134 valence electrons. The van der Waals surface area contributed by atoms with E-state index in [1.807, 2.05) is 26.8 Å². The SMILES string of the molecule is CC(C)(C)c1cc(NC(=O)C(C#N)=Cc2ccc(Cl)cc2)c(C(N)=O)s1. The molecule has 0 aliphatic carbocycles. The Kier molecular flexibility index (Phi) is 5.86. The number of nitrogens with two attached hydrogens (primary N) is 1. The summed E-state index contributed by atoms with van der Waals surface area (Å²) in [6.45, 7) is 5.99. The fourth-order valence-electron chi connectivity index (χ4n) is 2.10. The zero-order valence-electron chi connectivity index (χ0n) is 14.6. The van der Waals surface area contributed by atoms with E-state index in [1.54, 1.807) is 30.3 Å². The first kappa shape index (κ1) is 19.7. The number of nitrogens with zero attached hydrogens (tertiary/aromatic N) is 1. The fourth-order valence-corrected chi connectivity index (χ4v) is 3.25. The lowest BCUT2D eigenvalue weighted by atomic mass is 9.94. The van der Waals surface area contributed by atoms with Crippen molar-refractivity contribution in [1.29, 1.82) is 5.26 Å². The lowest BCUT2D eigenvalue weighted by Crippen LogP contribution is -2.17. The van der Waals surface area contributed by atoms with Crippen molar-refractivity contribution in [1.82, 2.24) is 0 Å². The molecule has 0 aliphatic heterocycles. The molecule has 2 amide bonds. The first-order chi connectivity index (χ1) is 12.1. The Bertz CT molecular complexity index is 916. The summed E-state index contributed by atoms with van der Waals surface area (Å²) in [6, 6.07) is 10.3. The number of nitriles is 1. The van der Waals surface area contributed by atoms with Crippen molar-refractivity contribution in [2.24, 2.45) is 5.73 Å². The van der Waals surface area contributed by atoms with Crippen LogP contribution in [-0.2, 0) is 10.2 Å². The van der Waals surface area contributed by atoms with Crippen LogP contribution >= 0.6 is 22.9 Å². The highest BCUT2D eigenvalue weighted by atomic mass is 35.5. The van der Waals surface area contributed by atoms with Crippen LogP contribution in [0.2, 0.25) is 5.02 Å². The van der Waals surface area contributed by atoms with Crippen molar-refractivity contribution in [2.45, 2.75) is 26.2 Å². The van der Waals surface area contributed by atoms with Crippen molar-refractivity contribution in [2.75, 3.05) is 5.32 Å². The fraction of sp³-hybridized carbons (Fsp3) is 0.211. The van der Waals surface area contributed by atoms with Gasteiger partial charge in [-0.05, 0) is 35.3 Å². The number of thiophene rings is 1. The molecule has 5 nitrogen and oxygen atoms in total. The quantitative estimate of drug-likeness (QED) is 0.603. The van der Waals surface area contributed by atoms with Crippen LogP contribution in [0.15, 0.2) is 35.9 Å². The van der Waals surface area contributed by atoms with Gasteiger partial charge in [-0.25, -0.2) is 0 Å². The summed E-state index contributed by atoms with van der Waals surface area (Å²) >= 11 is 7.07. The van der Waals surface area contributed by atoms with Gasteiger partial charge in [-0.1, -0.05) is 44.5 Å². The zero-order chi connectivity index (χ0) is 19.5. The van der Waals surface area contributed by atoms with E-state index in [-0.39, 0.29) is 15.9 Å². The largest absolute Gasteiger partial charge is 0.365 e. The summed E-state index contributed by atoms with van der Waals surface area (Å²) < 4.78 is 0. The Balaban J connectivity index is 2.33. The van der Waals surface area contributed by atoms with Gasteiger partial charge in [0.05, 0.1) is 5.69 Å². The molecule has 0 unspecified atom stereocenters. The molecule has 1 aromatic heterocycles. The van der Waals surface area contributed by atoms with E-state index < -0.39 is 11.8 Å². The number of rotatable bonds is 4. The van der Waals surface area contributed by atoms with Crippen LogP contribution in [0.25, 0.3) is 6.08 Å². The van der Waals surface area contributed by atoms with E-state index in [9.17, 15) is 14.9 Å². The maximum Gasteiger partial charge on any atom is 0.266 e. The summed E-state index contributed by atoms with van der Waals surface area (Å²) in [7, 11) is 0. The van der Waals surface area contributed by atoms with E-state index in [0.717, 1.165) is 4.88 Å². The number of amides is 2. The summed E-state index contributed by atoms with van der Waals surface area (Å²) in [6.07, 6.45) is 1.45. The second kappa shape index (κ2) is 7.73. The van der Waals surface area contributed by atoms with E-state index in [2.05, 4.69) is 5.32 Å². The van der Waals surface area contributed by atoms with Gasteiger partial charge in [0.25, 0.3) is 11.8 Å². The van der Waals surface area contributed by atoms with Gasteiger partial charge in [0.15, 0.2) is 0 Å². The number of nitrogens with one attached hydrogen (secondary N) is 1. The predicted molar refractivity (Wildman–Crippen MR) is 105 cm³/mol. The van der Waals surface area contributed by atoms with Crippen LogP contribution in [0, 0.1) is 11.3 Å². The van der Waals surface area contributed by atoms with Gasteiger partial charge in [0.1, 0.15) is 16.5 Å². The minimum Gasteiger partial charge on any atom is -0.365 e. The van der Waals surface area contributed by atoms with Crippen molar-refractivity contribution in [3.05, 3.63) is 56.2 Å². The number of carbonyl (C=O) groups excluding carboxylic acids is 2. The Hall–Kier alpha value is -2.62. The summed E-state index contributed by atoms with van der Waals surface area (Å²) in [5.41, 5.74) is 6.11. The molecular formula is C19H18ClN3O2S. The third-order valence-corrected chi connectivity index (χ3v) is 5.32. The zero-order valence-corrected chi connectivity index (χ0v) is 16.2. The molecule has 0 bridgehead atoms. The number of hydrogen-bond acceptors (Lipinski definition) is 4. The number of halogens is 1. The molecule has 0 aliphatic rings. The minimum atomic E-state index is -0.624. The average molecular weight is 388 g/mol. The van der Waals surface area contributed by atoms with Crippen molar-refractivity contribution in [3.63, 3.8) is 0 Å². The van der Waals surface area contributed by atoms with Gasteiger partial charge in [-0.2, -0.15) is 5.26 Å². The van der Waals surface area contributed by atoms with Crippen LogP contribution in [0.5, 0.6) is 0 Å². The maximum absolute atomic E-state index is 12.5. The highest BCUT2D eigenvalue weighted by molar-refractivity contribution is 7.14. The normalized spacial score (nSPS) is 11.7. The van der Waals surface area contributed by atoms with Crippen molar-refractivity contribution < 1.29 is 9.59 Å². The van der Waals surface area contributed by atoms with Crippen LogP contribution < -0.4 is 11.1 Å². The molecule has 0 fully saturated rings. The molecule has 0 saturated heterocycles. The van der Waals surface area contributed by atoms with Crippen LogP contribution in [-0.4, -0.2) is 11.8 Å². The van der Waals surface area contributed by atoms with Gasteiger partial charge < -0.3 is 11.1 Å². The molecular weight excluding hydrogens is 370 g/mol. The minimum absolute atomic E-state index is 0.0914. The first-order valence-electron chi connectivity index (χ1n) is 7.74. The molecule has 0 saturated carbocycles. The van der Waals surface area contributed by atoms with Crippen molar-refractivity contribution >= 4 is 46.5 Å². The van der Waals surface area contributed by atoms with Crippen LogP contribution in [0.3, 0.4) is 0 Å². The van der Waals surface area contributed by atoms with E-state index >= 15 is 0 Å². The maximum atomic E-state index is 12.5. The summed E-state index contributed by atoms with van der Waals surface area (Å²) in [5.74, 6) is -1.23. The smallest absolute Gasteiger partial charge is 0.266 e. The monoisotopic (exact) mass is 387 g/mol. The van der Waals surface area contributed by atoms with E-state index in [0.29, 0.717) is 16.3 Å². The first-order valence-corrected chi connectivity index (χ1v) is 8.94. The molecule has 2 rings (SSSR count). The van der Waals surface area contributed by atoms with Crippen LogP contribution in [0.1, 0.15) is 40.9 Å². The average Bonchev–Trinajstić information content (AvgIpc) is 2.98. The molecule has 3 N–H and O–H groups in total. The number of hydrogen-bond donors (Lipinski definition) is 2. The molecule has 0 radical (unpaired) electrons. The predicted octanol–water partition coefficient (Wildman–Crippen LogP) is 4.34. The molecule has 0 atom stereocenters. The van der Waals surface area contributed by atoms with Crippen molar-refractivity contribution in [3.8, 4) is 6.07 Å². The number of carbonyl (C=O) groups is 2. The summed E-state index contributed by atoms with van der Waals surface area (Å²) in [4.78, 5) is 25.3. The Morgan fingerprint density at radius 3 is 2.38 bits per heavy atom. The Morgan fingerprint density at radius 2 is 1.88 bits per heavy atom. The molecule has 1 heterocycles. The number of benzene rings is 1. The highest BCUT2D eigenvalue weighted by Gasteiger charge is 2.23. The molecule has 26 heavy (non-hydrogen) atoms. The topological polar surface area (TPSA) is 96.0 Å². The standard InChI is InChI=1S/C19H18ClN3O2S/c1-19(2,3)15-9-14(16(26-15)17(22)24)23-18(25)12(10-21)8-11-4-6-13(20)7-5-11/h4-9H,1-3H3,(H2,22,24)(H,23,25). The second-order valence-electron chi connectivity index (χ2n) is 6.64. The molecule has 2 aromatic rings. The van der Waals surface area contributed by atoms with Gasteiger partial charge >= 0.3 is 0 Å². The number of anilines is 1. The van der Waals surface area contributed by atoms with Gasteiger partial charge in [-0.3, -0.25) is 9.59 Å². The third kappa shape index (κ3) is 4.72. The lowest BCUT2D eigenvalue weighted by molar-refractivity contribution is -0.112. The molecule has 1 aromatic carbocycles. The second-order valence-corrected chi connectivity index (χ2v) is 8.13. The highest BCUT2D eigenvalue weighted by Crippen LogP contribution is 2.35. The van der Waals surface area contributed by atoms with Gasteiger partial charge in [0.2, 0.25) is 0 Å². The molecule has 0 spiro atoms. The Morgan fingerprint density at radius 1 is 1.27 bits per heavy atom. The summed E-state index contributed by atoms with van der Waals surface area (Å²) in [5, 5.41) is 12.5. The van der Waals surface area contributed by atoms with E-state index in [4.69, 9.17) is 17.3 Å². The Labute approximate surface area is 161 Å². The van der Waals surface area contributed by atoms with E-state index in [1.165, 1.54) is 17.4 Å². The number of primary amides is 1.